The third kappa shape index (κ3) is 2.47. The first kappa shape index (κ1) is 16.3. The van der Waals surface area contributed by atoms with Crippen LogP contribution < -0.4 is 0 Å². The van der Waals surface area contributed by atoms with Crippen LogP contribution in [0.3, 0.4) is 0 Å². The highest BCUT2D eigenvalue weighted by atomic mass is 14.4. The standard InChI is InChI=1S/C21H31/c1-7-14-13-20-17(10-4)16(9-3)19(12-6)21(20)18(11-5)15(14)8-2/h13H,7-12H2,1-6H3. The van der Waals surface area contributed by atoms with Gasteiger partial charge in [-0.25, -0.2) is 0 Å². The lowest BCUT2D eigenvalue weighted by atomic mass is 9.84. The van der Waals surface area contributed by atoms with Crippen molar-refractivity contribution in [2.24, 2.45) is 0 Å². The van der Waals surface area contributed by atoms with Crippen molar-refractivity contribution in [3.8, 4) is 0 Å². The van der Waals surface area contributed by atoms with Crippen LogP contribution in [0.15, 0.2) is 11.6 Å². The molecule has 1 aromatic carbocycles. The van der Waals surface area contributed by atoms with Crippen molar-refractivity contribution in [1.29, 1.82) is 0 Å². The largest absolute Gasteiger partial charge is 0.0642 e. The van der Waals surface area contributed by atoms with Crippen LogP contribution >= 0.6 is 0 Å². The highest BCUT2D eigenvalue weighted by Crippen LogP contribution is 2.48. The summed E-state index contributed by atoms with van der Waals surface area (Å²) in [5.74, 6) is 1.62. The van der Waals surface area contributed by atoms with Crippen LogP contribution in [0, 0.1) is 5.92 Å². The molecule has 0 spiro atoms. The molecule has 0 aliphatic heterocycles. The number of allylic oxidation sites excluding steroid dienone is 2. The summed E-state index contributed by atoms with van der Waals surface area (Å²) in [4.78, 5) is 0. The Hall–Kier alpha value is -1.04. The van der Waals surface area contributed by atoms with Gasteiger partial charge in [0.2, 0.25) is 0 Å². The molecule has 21 heavy (non-hydrogen) atoms. The molecule has 0 bridgehead atoms. The van der Waals surface area contributed by atoms with Gasteiger partial charge in [-0.2, -0.15) is 0 Å². The van der Waals surface area contributed by atoms with Crippen molar-refractivity contribution in [2.75, 3.05) is 0 Å². The van der Waals surface area contributed by atoms with E-state index in [1.54, 1.807) is 44.9 Å². The molecule has 1 aliphatic rings. The Morgan fingerprint density at radius 2 is 1.24 bits per heavy atom. The number of fused-ring (bicyclic) bond motifs is 1. The van der Waals surface area contributed by atoms with Crippen LogP contribution in [-0.2, 0) is 19.3 Å². The minimum atomic E-state index is 1.16. The molecule has 0 amide bonds. The van der Waals surface area contributed by atoms with Gasteiger partial charge in [0.15, 0.2) is 0 Å². The molecule has 0 saturated carbocycles. The lowest BCUT2D eigenvalue weighted by Crippen LogP contribution is -2.06. The molecule has 0 fully saturated rings. The van der Waals surface area contributed by atoms with Crippen LogP contribution in [0.25, 0.3) is 5.57 Å². The molecular weight excluding hydrogens is 252 g/mol. The van der Waals surface area contributed by atoms with Crippen LogP contribution in [-0.4, -0.2) is 0 Å². The summed E-state index contributed by atoms with van der Waals surface area (Å²) in [6, 6.07) is 2.52. The summed E-state index contributed by atoms with van der Waals surface area (Å²) in [6.07, 6.45) is 6.99. The summed E-state index contributed by atoms with van der Waals surface area (Å²) < 4.78 is 0. The molecule has 0 aromatic heterocycles. The van der Waals surface area contributed by atoms with Crippen molar-refractivity contribution >= 4 is 5.57 Å². The van der Waals surface area contributed by atoms with E-state index < -0.39 is 0 Å². The van der Waals surface area contributed by atoms with Gasteiger partial charge in [-0.3, -0.25) is 0 Å². The summed E-state index contributed by atoms with van der Waals surface area (Å²) in [6.45, 7) is 13.9. The first-order chi connectivity index (χ1) is 10.2. The SMILES string of the molecule is CC[C]1C(CC)=C(CC)c2c1cc(CC)c(CC)c2CC. The normalized spacial score (nSPS) is 15.0. The predicted octanol–water partition coefficient (Wildman–Crippen LogP) is 6.29. The van der Waals surface area contributed by atoms with E-state index in [4.69, 9.17) is 0 Å². The van der Waals surface area contributed by atoms with Gasteiger partial charge in [0.1, 0.15) is 0 Å². The Labute approximate surface area is 131 Å². The van der Waals surface area contributed by atoms with Gasteiger partial charge in [-0.1, -0.05) is 53.2 Å². The molecule has 0 atom stereocenters. The zero-order valence-electron chi connectivity index (χ0n) is 14.8. The number of rotatable bonds is 6. The second-order valence-electron chi connectivity index (χ2n) is 5.97. The van der Waals surface area contributed by atoms with Gasteiger partial charge in [-0.05, 0) is 71.9 Å². The highest BCUT2D eigenvalue weighted by molar-refractivity contribution is 5.86. The Morgan fingerprint density at radius 1 is 0.619 bits per heavy atom. The van der Waals surface area contributed by atoms with E-state index in [1.807, 2.05) is 0 Å². The molecule has 115 valence electrons. The van der Waals surface area contributed by atoms with E-state index in [-0.39, 0.29) is 0 Å². The van der Waals surface area contributed by atoms with E-state index in [1.165, 1.54) is 19.3 Å². The van der Waals surface area contributed by atoms with E-state index in [2.05, 4.69) is 47.6 Å². The van der Waals surface area contributed by atoms with E-state index in [0.717, 1.165) is 19.3 Å². The number of aryl methyl sites for hydroxylation is 1. The van der Waals surface area contributed by atoms with Gasteiger partial charge >= 0.3 is 0 Å². The van der Waals surface area contributed by atoms with Crippen molar-refractivity contribution in [3.63, 3.8) is 0 Å². The maximum absolute atomic E-state index is 2.52. The molecule has 2 rings (SSSR count). The van der Waals surface area contributed by atoms with Crippen LogP contribution in [0.5, 0.6) is 0 Å². The Morgan fingerprint density at radius 3 is 1.67 bits per heavy atom. The summed E-state index contributed by atoms with van der Waals surface area (Å²) in [5, 5.41) is 0. The van der Waals surface area contributed by atoms with E-state index in [0.29, 0.717) is 0 Å². The van der Waals surface area contributed by atoms with Gasteiger partial charge in [0, 0.05) is 5.92 Å². The number of benzene rings is 1. The second-order valence-corrected chi connectivity index (χ2v) is 5.97. The fraction of sp³-hybridized carbons (Fsp3) is 0.571. The average Bonchev–Trinajstić information content (AvgIpc) is 2.84. The maximum Gasteiger partial charge on any atom is 0.0305 e. The van der Waals surface area contributed by atoms with Crippen LogP contribution in [0.4, 0.5) is 0 Å². The second kappa shape index (κ2) is 6.81. The first-order valence-electron chi connectivity index (χ1n) is 8.94. The minimum Gasteiger partial charge on any atom is -0.0642 e. The first-order valence-corrected chi connectivity index (χ1v) is 8.94. The lowest BCUT2D eigenvalue weighted by molar-refractivity contribution is 0.924. The molecular formula is C21H31. The summed E-state index contributed by atoms with van der Waals surface area (Å²) >= 11 is 0. The molecule has 1 radical (unpaired) electrons. The third-order valence-corrected chi connectivity index (χ3v) is 5.15. The zero-order chi connectivity index (χ0) is 15.6. The summed E-state index contributed by atoms with van der Waals surface area (Å²) in [7, 11) is 0. The van der Waals surface area contributed by atoms with E-state index in [9.17, 15) is 0 Å². The number of hydrogen-bond acceptors (Lipinski definition) is 0. The zero-order valence-corrected chi connectivity index (χ0v) is 14.8. The molecule has 0 unspecified atom stereocenters. The smallest absolute Gasteiger partial charge is 0.0305 e. The van der Waals surface area contributed by atoms with Crippen molar-refractivity contribution < 1.29 is 0 Å². The predicted molar refractivity (Wildman–Crippen MR) is 94.7 cm³/mol. The number of hydrogen-bond donors (Lipinski definition) is 0. The maximum atomic E-state index is 2.52. The fourth-order valence-electron chi connectivity index (χ4n) is 4.29. The topological polar surface area (TPSA) is 0 Å². The quantitative estimate of drug-likeness (QED) is 0.575. The van der Waals surface area contributed by atoms with Gasteiger partial charge in [0.05, 0.1) is 0 Å². The monoisotopic (exact) mass is 283 g/mol. The minimum absolute atomic E-state index is 1.16. The summed E-state index contributed by atoms with van der Waals surface area (Å²) in [5.41, 5.74) is 11.3. The van der Waals surface area contributed by atoms with E-state index >= 15 is 0 Å². The molecule has 0 nitrogen and oxygen atoms in total. The molecule has 0 heteroatoms. The molecule has 1 aliphatic carbocycles. The van der Waals surface area contributed by atoms with Gasteiger partial charge in [0.25, 0.3) is 0 Å². The molecule has 0 heterocycles. The van der Waals surface area contributed by atoms with Gasteiger partial charge in [-0.15, -0.1) is 0 Å². The van der Waals surface area contributed by atoms with Crippen molar-refractivity contribution in [1.82, 2.24) is 0 Å². The molecule has 0 saturated heterocycles. The van der Waals surface area contributed by atoms with Crippen LogP contribution in [0.1, 0.15) is 88.6 Å². The Bertz CT molecular complexity index is 546. The van der Waals surface area contributed by atoms with Crippen molar-refractivity contribution in [3.05, 3.63) is 45.4 Å². The van der Waals surface area contributed by atoms with Crippen molar-refractivity contribution in [2.45, 2.75) is 80.1 Å². The fourth-order valence-corrected chi connectivity index (χ4v) is 4.29. The lowest BCUT2D eigenvalue weighted by Gasteiger charge is -2.20. The Kier molecular flexibility index (Phi) is 5.30. The third-order valence-electron chi connectivity index (χ3n) is 5.15. The highest BCUT2D eigenvalue weighted by Gasteiger charge is 2.31. The van der Waals surface area contributed by atoms with Crippen LogP contribution in [0.2, 0.25) is 0 Å². The van der Waals surface area contributed by atoms with Gasteiger partial charge < -0.3 is 0 Å². The molecule has 1 aromatic rings. The Balaban J connectivity index is 2.79. The molecule has 0 N–H and O–H groups in total. The average molecular weight is 283 g/mol.